The van der Waals surface area contributed by atoms with Gasteiger partial charge in [0.15, 0.2) is 0 Å². The van der Waals surface area contributed by atoms with Crippen LogP contribution in [0.25, 0.3) is 28.0 Å². The van der Waals surface area contributed by atoms with Gasteiger partial charge in [-0.25, -0.2) is 4.79 Å². The van der Waals surface area contributed by atoms with Crippen LogP contribution in [0.5, 0.6) is 5.75 Å². The molecule has 4 heterocycles. The molecular weight excluding hydrogens is 574 g/mol. The smallest absolute Gasteiger partial charge is 0.336 e. The molecule has 7 rings (SSSR count). The standard InChI is InChI=1S/C35H31N3O7/c1-20-17-31(40)44-33-24(20)10-12-29-32(33)25(21(2)43-29)19-36-30(39)14-16-37-27-8-6-5-7-26(27)34(3,4)35(37)15-13-22-18-23(38(41)42)9-11-28(22)45-35/h5-13,15,17-18H,14,16,19H2,1-4H3,(H,36,39). The molecule has 1 amide bonds. The first kappa shape index (κ1) is 28.4. The van der Waals surface area contributed by atoms with Gasteiger partial charge in [-0.1, -0.05) is 18.2 Å². The van der Waals surface area contributed by atoms with Crippen molar-refractivity contribution in [1.29, 1.82) is 0 Å². The minimum Gasteiger partial charge on any atom is -0.463 e. The molecule has 0 saturated carbocycles. The van der Waals surface area contributed by atoms with Gasteiger partial charge in [-0.2, -0.15) is 0 Å². The van der Waals surface area contributed by atoms with Gasteiger partial charge in [0.05, 0.1) is 15.7 Å². The van der Waals surface area contributed by atoms with Gasteiger partial charge in [-0.15, -0.1) is 0 Å². The average Bonchev–Trinajstić information content (AvgIpc) is 3.42. The van der Waals surface area contributed by atoms with Crippen LogP contribution in [-0.2, 0) is 16.8 Å². The van der Waals surface area contributed by atoms with Crippen LogP contribution in [0.2, 0.25) is 0 Å². The number of aryl methyl sites for hydroxylation is 2. The molecule has 10 heteroatoms. The van der Waals surface area contributed by atoms with Crippen molar-refractivity contribution in [3.63, 3.8) is 0 Å². The number of fused-ring (bicyclic) bond motifs is 5. The summed E-state index contributed by atoms with van der Waals surface area (Å²) in [5.41, 5.74) is 3.31. The Balaban J connectivity index is 1.16. The summed E-state index contributed by atoms with van der Waals surface area (Å²) in [5, 5.41) is 15.9. The fourth-order valence-corrected chi connectivity index (χ4v) is 6.83. The predicted octanol–water partition coefficient (Wildman–Crippen LogP) is 6.67. The number of non-ortho nitro benzene ring substituents is 1. The molecule has 3 aromatic carbocycles. The maximum absolute atomic E-state index is 13.4. The molecule has 0 radical (unpaired) electrons. The van der Waals surface area contributed by atoms with Crippen molar-refractivity contribution < 1.29 is 23.3 Å². The molecule has 10 nitrogen and oxygen atoms in total. The maximum Gasteiger partial charge on any atom is 0.336 e. The summed E-state index contributed by atoms with van der Waals surface area (Å²) in [6, 6.07) is 17.8. The molecule has 45 heavy (non-hydrogen) atoms. The first-order valence-electron chi connectivity index (χ1n) is 14.8. The number of carbonyl (C=O) groups is 1. The summed E-state index contributed by atoms with van der Waals surface area (Å²) in [6.45, 7) is 8.43. The van der Waals surface area contributed by atoms with E-state index in [0.29, 0.717) is 40.2 Å². The van der Waals surface area contributed by atoms with Crippen molar-refractivity contribution in [2.24, 2.45) is 0 Å². The number of nitro benzene ring substituents is 1. The predicted molar refractivity (Wildman–Crippen MR) is 170 cm³/mol. The van der Waals surface area contributed by atoms with Crippen LogP contribution < -0.4 is 20.6 Å². The summed E-state index contributed by atoms with van der Waals surface area (Å²) < 4.78 is 18.3. The van der Waals surface area contributed by atoms with Crippen LogP contribution in [-0.4, -0.2) is 23.1 Å². The van der Waals surface area contributed by atoms with Crippen molar-refractivity contribution in [2.75, 3.05) is 11.4 Å². The second kappa shape index (κ2) is 10.1. The van der Waals surface area contributed by atoms with E-state index in [2.05, 4.69) is 30.1 Å². The highest BCUT2D eigenvalue weighted by atomic mass is 16.6. The van der Waals surface area contributed by atoms with Crippen LogP contribution in [0.15, 0.2) is 80.4 Å². The largest absolute Gasteiger partial charge is 0.463 e. The third kappa shape index (κ3) is 4.31. The Morgan fingerprint density at radius 2 is 1.84 bits per heavy atom. The Labute approximate surface area is 258 Å². The molecule has 1 N–H and O–H groups in total. The van der Waals surface area contributed by atoms with Gasteiger partial charge in [0.2, 0.25) is 11.6 Å². The van der Waals surface area contributed by atoms with Crippen LogP contribution in [0.3, 0.4) is 0 Å². The van der Waals surface area contributed by atoms with Crippen LogP contribution in [0.1, 0.15) is 48.3 Å². The number of nitrogens with one attached hydrogen (secondary N) is 1. The zero-order chi connectivity index (χ0) is 31.7. The lowest BCUT2D eigenvalue weighted by atomic mass is 9.76. The molecule has 2 aliphatic heterocycles. The second-order valence-corrected chi connectivity index (χ2v) is 12.1. The zero-order valence-corrected chi connectivity index (χ0v) is 25.3. The molecule has 228 valence electrons. The number of para-hydroxylation sites is 1. The van der Waals surface area contributed by atoms with Gasteiger partial charge in [0.1, 0.15) is 22.7 Å². The first-order chi connectivity index (χ1) is 21.5. The number of ether oxygens (including phenoxy) is 1. The summed E-state index contributed by atoms with van der Waals surface area (Å²) in [6.07, 6.45) is 3.97. The Morgan fingerprint density at radius 3 is 2.64 bits per heavy atom. The second-order valence-electron chi connectivity index (χ2n) is 12.1. The van der Waals surface area contributed by atoms with E-state index >= 15 is 0 Å². The average molecular weight is 606 g/mol. The lowest BCUT2D eigenvalue weighted by molar-refractivity contribution is -0.384. The van der Waals surface area contributed by atoms with E-state index in [1.54, 1.807) is 6.07 Å². The van der Waals surface area contributed by atoms with E-state index in [-0.39, 0.29) is 24.6 Å². The molecular formula is C35H31N3O7. The maximum atomic E-state index is 13.4. The van der Waals surface area contributed by atoms with E-state index in [0.717, 1.165) is 27.8 Å². The van der Waals surface area contributed by atoms with Crippen molar-refractivity contribution in [2.45, 2.75) is 51.8 Å². The normalized spacial score (nSPS) is 17.8. The van der Waals surface area contributed by atoms with Crippen LogP contribution in [0, 0.1) is 24.0 Å². The fourth-order valence-electron chi connectivity index (χ4n) is 6.83. The van der Waals surface area contributed by atoms with Gasteiger partial charge in [0, 0.05) is 59.9 Å². The molecule has 1 unspecified atom stereocenters. The summed E-state index contributed by atoms with van der Waals surface area (Å²) >= 11 is 0. The summed E-state index contributed by atoms with van der Waals surface area (Å²) in [7, 11) is 0. The van der Waals surface area contributed by atoms with E-state index in [1.807, 2.05) is 56.3 Å². The molecule has 0 fully saturated rings. The number of carbonyl (C=O) groups excluding carboxylic acids is 1. The number of anilines is 1. The third-order valence-corrected chi connectivity index (χ3v) is 9.22. The number of hydrogen-bond acceptors (Lipinski definition) is 8. The number of hydrogen-bond donors (Lipinski definition) is 1. The number of furan rings is 1. The van der Waals surface area contributed by atoms with Gasteiger partial charge in [0.25, 0.3) is 5.69 Å². The van der Waals surface area contributed by atoms with E-state index in [4.69, 9.17) is 13.6 Å². The van der Waals surface area contributed by atoms with Crippen LogP contribution >= 0.6 is 0 Å². The molecule has 0 aliphatic carbocycles. The highest BCUT2D eigenvalue weighted by Crippen LogP contribution is 2.55. The minimum absolute atomic E-state index is 0.00800. The Hall–Kier alpha value is -5.38. The summed E-state index contributed by atoms with van der Waals surface area (Å²) in [4.78, 5) is 38.6. The Kier molecular flexibility index (Phi) is 6.36. The zero-order valence-electron chi connectivity index (χ0n) is 25.3. The van der Waals surface area contributed by atoms with Crippen molar-refractivity contribution in [1.82, 2.24) is 5.32 Å². The van der Waals surface area contributed by atoms with Crippen molar-refractivity contribution >= 4 is 45.3 Å². The quantitative estimate of drug-likeness (QED) is 0.129. The highest BCUT2D eigenvalue weighted by molar-refractivity contribution is 6.05. The highest BCUT2D eigenvalue weighted by Gasteiger charge is 2.58. The minimum atomic E-state index is -0.967. The number of rotatable bonds is 6. The van der Waals surface area contributed by atoms with Gasteiger partial charge in [-0.05, 0) is 75.2 Å². The molecule has 1 atom stereocenters. The molecule has 1 spiro atoms. The lowest BCUT2D eigenvalue weighted by Crippen LogP contribution is -2.60. The SMILES string of the molecule is Cc1oc2ccc3c(C)cc(=O)oc3c2c1CNC(=O)CCN1c2ccccc2C(C)(C)C12C=Cc1cc([N+](=O)[O-])ccc1O2. The fraction of sp³-hybridized carbons (Fsp3) is 0.257. The molecule has 0 saturated heterocycles. The number of nitrogens with zero attached hydrogens (tertiary/aromatic N) is 2. The van der Waals surface area contributed by atoms with Gasteiger partial charge >= 0.3 is 5.63 Å². The van der Waals surface area contributed by atoms with Crippen molar-refractivity contribution in [3.05, 3.63) is 115 Å². The van der Waals surface area contributed by atoms with E-state index < -0.39 is 21.7 Å². The topological polar surface area (TPSA) is 128 Å². The molecule has 0 bridgehead atoms. The lowest BCUT2D eigenvalue weighted by Gasteiger charge is -2.47. The monoisotopic (exact) mass is 605 g/mol. The molecule has 2 aliphatic rings. The first-order valence-corrected chi connectivity index (χ1v) is 14.8. The third-order valence-electron chi connectivity index (χ3n) is 9.22. The van der Waals surface area contributed by atoms with Crippen LogP contribution in [0.4, 0.5) is 11.4 Å². The van der Waals surface area contributed by atoms with Gasteiger partial charge in [-0.3, -0.25) is 14.9 Å². The Bertz CT molecular complexity index is 2140. The molecule has 5 aromatic rings. The van der Waals surface area contributed by atoms with E-state index in [9.17, 15) is 19.7 Å². The van der Waals surface area contributed by atoms with Gasteiger partial charge < -0.3 is 23.8 Å². The number of nitro groups is 1. The summed E-state index contributed by atoms with van der Waals surface area (Å²) in [5.74, 6) is 1.00. The Morgan fingerprint density at radius 1 is 1.04 bits per heavy atom. The number of amides is 1. The van der Waals surface area contributed by atoms with Crippen molar-refractivity contribution in [3.8, 4) is 5.75 Å². The number of benzene rings is 3. The molecule has 2 aromatic heterocycles. The van der Waals surface area contributed by atoms with E-state index in [1.165, 1.54) is 18.2 Å².